The Bertz CT molecular complexity index is 766. The fourth-order valence-electron chi connectivity index (χ4n) is 3.15. The maximum atomic E-state index is 5.67. The van der Waals surface area contributed by atoms with E-state index in [1.165, 1.54) is 0 Å². The number of nitrogens with two attached hydrogens (primary N) is 1. The molecule has 5 nitrogen and oxygen atoms in total. The van der Waals surface area contributed by atoms with Crippen LogP contribution in [-0.4, -0.2) is 31.8 Å². The summed E-state index contributed by atoms with van der Waals surface area (Å²) in [4.78, 5) is 5.00. The molecule has 0 saturated carbocycles. The predicted octanol–water partition coefficient (Wildman–Crippen LogP) is 4.40. The number of nitrogens with zero attached hydrogens (tertiary/aromatic N) is 1. The molecule has 26 heavy (non-hydrogen) atoms. The summed E-state index contributed by atoms with van der Waals surface area (Å²) in [5, 5.41) is 4.59. The number of hydrogen-bond acceptors (Lipinski definition) is 5. The van der Waals surface area contributed by atoms with Crippen LogP contribution in [0.2, 0.25) is 0 Å². The van der Waals surface area contributed by atoms with Gasteiger partial charge in [-0.3, -0.25) is 0 Å². The van der Waals surface area contributed by atoms with Gasteiger partial charge in [0.2, 0.25) is 0 Å². The molecule has 0 amide bonds. The van der Waals surface area contributed by atoms with Crippen LogP contribution < -0.4 is 20.5 Å². The van der Waals surface area contributed by atoms with Crippen LogP contribution in [0.1, 0.15) is 51.8 Å². The van der Waals surface area contributed by atoms with Crippen LogP contribution in [0.5, 0.6) is 11.5 Å². The fourth-order valence-corrected chi connectivity index (χ4v) is 3.15. The van der Waals surface area contributed by atoms with E-state index in [4.69, 9.17) is 20.2 Å². The number of pyridine rings is 1. The summed E-state index contributed by atoms with van der Waals surface area (Å²) in [7, 11) is 3.34. The Labute approximate surface area is 157 Å². The highest BCUT2D eigenvalue weighted by Crippen LogP contribution is 2.42. The summed E-state index contributed by atoms with van der Waals surface area (Å²) < 4.78 is 11.3. The summed E-state index contributed by atoms with van der Waals surface area (Å²) in [5.74, 6) is 1.44. The van der Waals surface area contributed by atoms with Gasteiger partial charge in [-0.1, -0.05) is 20.8 Å². The molecule has 1 aromatic carbocycles. The Hall–Kier alpha value is -2.01. The highest BCUT2D eigenvalue weighted by molar-refractivity contribution is 5.99. The lowest BCUT2D eigenvalue weighted by molar-refractivity contribution is 0.358. The van der Waals surface area contributed by atoms with Gasteiger partial charge >= 0.3 is 0 Å². The van der Waals surface area contributed by atoms with Gasteiger partial charge in [0, 0.05) is 23.2 Å². The van der Waals surface area contributed by atoms with Crippen molar-refractivity contribution in [3.05, 3.63) is 23.4 Å². The average Bonchev–Trinajstić information content (AvgIpc) is 2.58. The number of nitrogens with one attached hydrogen (secondary N) is 1. The molecule has 0 fully saturated rings. The lowest BCUT2D eigenvalue weighted by Gasteiger charge is -2.23. The van der Waals surface area contributed by atoms with Crippen LogP contribution in [-0.2, 0) is 5.41 Å². The molecule has 0 saturated heterocycles. The second-order valence-corrected chi connectivity index (χ2v) is 7.93. The topological polar surface area (TPSA) is 69.4 Å². The number of aryl methyl sites for hydroxylation is 1. The number of rotatable bonds is 7. The minimum atomic E-state index is -0.0332. The van der Waals surface area contributed by atoms with Crippen LogP contribution in [0, 0.1) is 6.92 Å². The Morgan fingerprint density at radius 2 is 1.88 bits per heavy atom. The molecule has 0 bridgehead atoms. The zero-order valence-corrected chi connectivity index (χ0v) is 17.2. The monoisotopic (exact) mass is 359 g/mol. The lowest BCUT2D eigenvalue weighted by atomic mass is 9.89. The maximum Gasteiger partial charge on any atom is 0.170 e. The van der Waals surface area contributed by atoms with Crippen molar-refractivity contribution in [3.63, 3.8) is 0 Å². The quantitative estimate of drug-likeness (QED) is 0.767. The minimum Gasteiger partial charge on any atom is -0.493 e. The van der Waals surface area contributed by atoms with E-state index in [0.717, 1.165) is 46.4 Å². The molecule has 0 radical (unpaired) electrons. The molecule has 0 aliphatic carbocycles. The van der Waals surface area contributed by atoms with Crippen LogP contribution in [0.4, 0.5) is 5.69 Å². The van der Waals surface area contributed by atoms with Crippen molar-refractivity contribution < 1.29 is 9.47 Å². The highest BCUT2D eigenvalue weighted by atomic mass is 16.5. The molecule has 0 aliphatic rings. The Kier molecular flexibility index (Phi) is 6.34. The van der Waals surface area contributed by atoms with Gasteiger partial charge in [-0.25, -0.2) is 4.98 Å². The average molecular weight is 360 g/mol. The van der Waals surface area contributed by atoms with Crippen molar-refractivity contribution in [1.29, 1.82) is 0 Å². The Balaban J connectivity index is 2.70. The molecule has 1 aromatic heterocycles. The minimum absolute atomic E-state index is 0.0332. The molecule has 0 spiro atoms. The zero-order valence-electron chi connectivity index (χ0n) is 17.2. The number of methoxy groups -OCH3 is 2. The number of anilines is 1. The van der Waals surface area contributed by atoms with Crippen molar-refractivity contribution in [1.82, 2.24) is 4.98 Å². The first-order valence-corrected chi connectivity index (χ1v) is 9.26. The normalized spacial score (nSPS) is 12.9. The number of ether oxygens (including phenoxy) is 2. The molecule has 144 valence electrons. The van der Waals surface area contributed by atoms with E-state index in [1.54, 1.807) is 14.2 Å². The van der Waals surface area contributed by atoms with Gasteiger partial charge in [0.1, 0.15) is 0 Å². The molecule has 0 aliphatic heterocycles. The van der Waals surface area contributed by atoms with Gasteiger partial charge in [-0.15, -0.1) is 0 Å². The molecule has 1 heterocycles. The van der Waals surface area contributed by atoms with E-state index in [0.29, 0.717) is 18.3 Å². The number of benzene rings is 1. The molecule has 1 unspecified atom stereocenters. The Morgan fingerprint density at radius 3 is 2.42 bits per heavy atom. The first-order valence-electron chi connectivity index (χ1n) is 9.26. The third-order valence-electron chi connectivity index (χ3n) is 4.63. The van der Waals surface area contributed by atoms with E-state index in [-0.39, 0.29) is 5.41 Å². The van der Waals surface area contributed by atoms with Crippen molar-refractivity contribution in [3.8, 4) is 11.5 Å². The van der Waals surface area contributed by atoms with E-state index in [1.807, 2.05) is 6.07 Å². The molecule has 2 aromatic rings. The summed E-state index contributed by atoms with van der Waals surface area (Å²) >= 11 is 0. The maximum absolute atomic E-state index is 5.67. The van der Waals surface area contributed by atoms with Gasteiger partial charge in [-0.2, -0.15) is 0 Å². The van der Waals surface area contributed by atoms with E-state index >= 15 is 0 Å². The molecule has 1 atom stereocenters. The molecule has 3 N–H and O–H groups in total. The first kappa shape index (κ1) is 20.3. The van der Waals surface area contributed by atoms with Gasteiger partial charge in [0.15, 0.2) is 11.5 Å². The van der Waals surface area contributed by atoms with Gasteiger partial charge in [-0.05, 0) is 44.9 Å². The molecular weight excluding hydrogens is 326 g/mol. The Morgan fingerprint density at radius 1 is 1.19 bits per heavy atom. The summed E-state index contributed by atoms with van der Waals surface area (Å²) in [6, 6.07) is 4.42. The summed E-state index contributed by atoms with van der Waals surface area (Å²) in [6.07, 6.45) is 1.99. The summed E-state index contributed by atoms with van der Waals surface area (Å²) in [6.45, 7) is 11.5. The number of aromatic nitrogens is 1. The molecule has 2 rings (SSSR count). The molecule has 5 heteroatoms. The standard InChI is InChI=1S/C21H33N3O2/c1-13-11-17(21(3,4)5)24-19-15(23-14(2)9-8-10-22)12-16(25-6)20(26-7)18(13)19/h11-12,14,23H,8-10,22H2,1-7H3. The van der Waals surface area contributed by atoms with E-state index in [9.17, 15) is 0 Å². The molecular formula is C21H33N3O2. The van der Waals surface area contributed by atoms with Crippen LogP contribution in [0.25, 0.3) is 10.9 Å². The SMILES string of the molecule is COc1cc(NC(C)CCCN)c2nc(C(C)(C)C)cc(C)c2c1OC. The van der Waals surface area contributed by atoms with Gasteiger partial charge in [0.25, 0.3) is 0 Å². The number of hydrogen-bond donors (Lipinski definition) is 2. The van der Waals surface area contributed by atoms with Crippen molar-refractivity contribution >= 4 is 16.6 Å². The third-order valence-corrected chi connectivity index (χ3v) is 4.63. The van der Waals surface area contributed by atoms with Crippen molar-refractivity contribution in [2.24, 2.45) is 5.73 Å². The van der Waals surface area contributed by atoms with E-state index < -0.39 is 0 Å². The van der Waals surface area contributed by atoms with Gasteiger partial charge < -0.3 is 20.5 Å². The van der Waals surface area contributed by atoms with Crippen molar-refractivity contribution in [2.45, 2.75) is 58.9 Å². The largest absolute Gasteiger partial charge is 0.493 e. The smallest absolute Gasteiger partial charge is 0.170 e. The van der Waals surface area contributed by atoms with Gasteiger partial charge in [0.05, 0.1) is 30.8 Å². The zero-order chi connectivity index (χ0) is 19.5. The predicted molar refractivity (Wildman–Crippen MR) is 110 cm³/mol. The van der Waals surface area contributed by atoms with E-state index in [2.05, 4.69) is 46.0 Å². The second kappa shape index (κ2) is 8.12. The van der Waals surface area contributed by atoms with Crippen LogP contribution in [0.3, 0.4) is 0 Å². The fraction of sp³-hybridized carbons (Fsp3) is 0.571. The second-order valence-electron chi connectivity index (χ2n) is 7.93. The highest BCUT2D eigenvalue weighted by Gasteiger charge is 2.22. The van der Waals surface area contributed by atoms with Crippen molar-refractivity contribution in [2.75, 3.05) is 26.1 Å². The van der Waals surface area contributed by atoms with Crippen LogP contribution in [0.15, 0.2) is 12.1 Å². The van der Waals surface area contributed by atoms with Crippen LogP contribution >= 0.6 is 0 Å². The lowest BCUT2D eigenvalue weighted by Crippen LogP contribution is -2.18. The first-order chi connectivity index (χ1) is 12.2. The third kappa shape index (κ3) is 4.21. The number of fused-ring (bicyclic) bond motifs is 1. The summed E-state index contributed by atoms with van der Waals surface area (Å²) in [5.41, 5.74) is 9.71.